The third kappa shape index (κ3) is 3.70. The second-order valence-corrected chi connectivity index (χ2v) is 7.66. The number of aryl methyl sites for hydroxylation is 1. The predicted molar refractivity (Wildman–Crippen MR) is 103 cm³/mol. The van der Waals surface area contributed by atoms with Gasteiger partial charge in [0.15, 0.2) is 5.58 Å². The van der Waals surface area contributed by atoms with E-state index in [-0.39, 0.29) is 6.15 Å². The summed E-state index contributed by atoms with van der Waals surface area (Å²) in [4.78, 5) is 27.8. The molecule has 8 nitrogen and oxygen atoms in total. The zero-order valence-corrected chi connectivity index (χ0v) is 16.2. The Hall–Kier alpha value is -2.58. The average molecular weight is 400 g/mol. The van der Waals surface area contributed by atoms with Crippen molar-refractivity contribution in [1.82, 2.24) is 15.3 Å². The molecular weight excluding hydrogens is 380 g/mol. The fraction of sp³-hybridized carbons (Fsp3) is 0.421. The summed E-state index contributed by atoms with van der Waals surface area (Å²) in [5, 5.41) is 6.57. The van der Waals surface area contributed by atoms with E-state index in [1.165, 1.54) is 5.56 Å². The molecule has 1 aromatic carbocycles. The van der Waals surface area contributed by atoms with E-state index in [1.54, 1.807) is 11.3 Å². The molecule has 0 amide bonds. The number of ether oxygens (including phenoxy) is 1. The number of hydrogen-bond donors (Lipinski definition) is 1. The zero-order chi connectivity index (χ0) is 19.5. The third-order valence-electron chi connectivity index (χ3n) is 4.87. The number of anilines is 1. The van der Waals surface area contributed by atoms with Crippen LogP contribution in [0.2, 0.25) is 0 Å². The van der Waals surface area contributed by atoms with Gasteiger partial charge in [0.25, 0.3) is 6.01 Å². The fourth-order valence-electron chi connectivity index (χ4n) is 3.69. The topological polar surface area (TPSA) is 97.6 Å². The number of hydrogen-bond acceptors (Lipinski definition) is 9. The number of morpholine rings is 1. The molecule has 0 aliphatic carbocycles. The number of oxazole rings is 1. The maximum Gasteiger partial charge on any atom is 0.373 e. The average Bonchev–Trinajstić information content (AvgIpc) is 3.37. The number of aromatic nitrogens is 2. The van der Waals surface area contributed by atoms with E-state index in [0.717, 1.165) is 54.4 Å². The smallest absolute Gasteiger partial charge is 0.373 e. The second kappa shape index (κ2) is 8.20. The van der Waals surface area contributed by atoms with Crippen LogP contribution in [0.3, 0.4) is 0 Å². The van der Waals surface area contributed by atoms with Crippen molar-refractivity contribution in [3.63, 3.8) is 0 Å². The number of carbonyl (C=O) groups excluding carboxylic acids is 2. The number of benzene rings is 1. The fourth-order valence-corrected chi connectivity index (χ4v) is 4.34. The number of nitrogens with zero attached hydrogens (tertiary/aromatic N) is 3. The highest BCUT2D eigenvalue weighted by molar-refractivity contribution is 7.13. The van der Waals surface area contributed by atoms with Gasteiger partial charge >= 0.3 is 6.15 Å². The summed E-state index contributed by atoms with van der Waals surface area (Å²) in [7, 11) is 0. The van der Waals surface area contributed by atoms with Crippen LogP contribution in [-0.4, -0.2) is 54.5 Å². The van der Waals surface area contributed by atoms with Gasteiger partial charge in [-0.2, -0.15) is 14.6 Å². The van der Waals surface area contributed by atoms with Crippen molar-refractivity contribution in [3.05, 3.63) is 29.3 Å². The van der Waals surface area contributed by atoms with Gasteiger partial charge in [0, 0.05) is 36.8 Å². The highest BCUT2D eigenvalue weighted by Crippen LogP contribution is 2.34. The summed E-state index contributed by atoms with van der Waals surface area (Å²) in [6.07, 6.45) is 3.05. The Bertz CT molecular complexity index is 969. The maximum absolute atomic E-state index is 8.12. The molecule has 0 saturated carbocycles. The first-order valence-corrected chi connectivity index (χ1v) is 10.0. The van der Waals surface area contributed by atoms with E-state index in [9.17, 15) is 0 Å². The van der Waals surface area contributed by atoms with Crippen LogP contribution in [0.15, 0.2) is 28.1 Å². The first kappa shape index (κ1) is 18.8. The molecule has 0 radical (unpaired) electrons. The molecule has 0 spiro atoms. The van der Waals surface area contributed by atoms with Crippen LogP contribution in [-0.2, 0) is 20.7 Å². The van der Waals surface area contributed by atoms with Gasteiger partial charge in [0.05, 0.1) is 18.8 Å². The molecule has 2 atom stereocenters. The molecule has 28 heavy (non-hydrogen) atoms. The van der Waals surface area contributed by atoms with E-state index >= 15 is 0 Å². The van der Waals surface area contributed by atoms with Crippen LogP contribution >= 0.6 is 11.3 Å². The molecule has 2 saturated heterocycles. The molecule has 5 rings (SSSR count). The highest BCUT2D eigenvalue weighted by Gasteiger charge is 2.32. The molecule has 1 N–H and O–H groups in total. The van der Waals surface area contributed by atoms with Gasteiger partial charge < -0.3 is 19.4 Å². The van der Waals surface area contributed by atoms with E-state index in [2.05, 4.69) is 34.3 Å². The molecule has 146 valence electrons. The minimum Gasteiger partial charge on any atom is -0.423 e. The second-order valence-electron chi connectivity index (χ2n) is 6.77. The van der Waals surface area contributed by atoms with Gasteiger partial charge in [0.1, 0.15) is 10.5 Å². The molecule has 2 unspecified atom stereocenters. The maximum atomic E-state index is 8.12. The summed E-state index contributed by atoms with van der Waals surface area (Å²) in [6, 6.07) is 5.70. The van der Waals surface area contributed by atoms with Gasteiger partial charge in [-0.05, 0) is 24.1 Å². The first-order chi connectivity index (χ1) is 13.7. The van der Waals surface area contributed by atoms with Crippen LogP contribution in [0, 0.1) is 0 Å². The Kier molecular flexibility index (Phi) is 5.50. The molecule has 9 heteroatoms. The molecule has 2 aliphatic heterocycles. The minimum absolute atomic E-state index is 0.250. The van der Waals surface area contributed by atoms with Gasteiger partial charge in [-0.25, -0.2) is 4.98 Å². The van der Waals surface area contributed by atoms with Gasteiger partial charge in [-0.1, -0.05) is 6.92 Å². The molecule has 2 aliphatic rings. The zero-order valence-electron chi connectivity index (χ0n) is 15.4. The van der Waals surface area contributed by atoms with E-state index in [4.69, 9.17) is 23.7 Å². The van der Waals surface area contributed by atoms with E-state index in [1.807, 2.05) is 11.6 Å². The summed E-state index contributed by atoms with van der Waals surface area (Å²) >= 11 is 1.63. The van der Waals surface area contributed by atoms with E-state index in [0.29, 0.717) is 18.1 Å². The van der Waals surface area contributed by atoms with E-state index < -0.39 is 0 Å². The van der Waals surface area contributed by atoms with Crippen LogP contribution in [0.5, 0.6) is 0 Å². The Balaban J connectivity index is 0.000000604. The lowest BCUT2D eigenvalue weighted by Gasteiger charge is -2.41. The summed E-state index contributed by atoms with van der Waals surface area (Å²) in [5.74, 6) is 0. The molecule has 2 bridgehead atoms. The van der Waals surface area contributed by atoms with Crippen molar-refractivity contribution in [2.24, 2.45) is 0 Å². The quantitative estimate of drug-likeness (QED) is 0.714. The standard InChI is InChI=1S/C18H20N4O2S.CO2/c1-2-11-5-14(17-19-3-4-25-17)16-15(6-11)21-18(24-16)22-7-12-9-23-10-13(8-22)20-12;2-1-3/h3-6,12-13,20H,2,7-10H2,1H3;. The number of piperazine rings is 1. The van der Waals surface area contributed by atoms with Gasteiger partial charge in [-0.3, -0.25) is 0 Å². The van der Waals surface area contributed by atoms with Crippen LogP contribution < -0.4 is 10.2 Å². The normalized spacial score (nSPS) is 21.1. The Labute approximate surface area is 165 Å². The lowest BCUT2D eigenvalue weighted by molar-refractivity contribution is -0.191. The lowest BCUT2D eigenvalue weighted by Crippen LogP contribution is -2.63. The van der Waals surface area contributed by atoms with Crippen molar-refractivity contribution < 1.29 is 18.7 Å². The molecule has 2 fully saturated rings. The monoisotopic (exact) mass is 400 g/mol. The SMILES string of the molecule is CCc1cc(-c2nccs2)c2oc(N3CC4COCC(C3)N4)nc2c1.O=C=O. The van der Waals surface area contributed by atoms with Crippen molar-refractivity contribution >= 4 is 34.6 Å². The highest BCUT2D eigenvalue weighted by atomic mass is 32.1. The van der Waals surface area contributed by atoms with Crippen LogP contribution in [0.1, 0.15) is 12.5 Å². The largest absolute Gasteiger partial charge is 0.423 e. The summed E-state index contributed by atoms with van der Waals surface area (Å²) < 4.78 is 11.9. The number of nitrogens with one attached hydrogen (secondary N) is 1. The Morgan fingerprint density at radius 2 is 2.04 bits per heavy atom. The lowest BCUT2D eigenvalue weighted by atomic mass is 10.1. The number of thiazole rings is 1. The van der Waals surface area contributed by atoms with Crippen molar-refractivity contribution in [2.45, 2.75) is 25.4 Å². The molecule has 4 heterocycles. The number of rotatable bonds is 3. The Morgan fingerprint density at radius 3 is 2.68 bits per heavy atom. The third-order valence-corrected chi connectivity index (χ3v) is 5.68. The Morgan fingerprint density at radius 1 is 1.29 bits per heavy atom. The molecule has 3 aromatic rings. The first-order valence-electron chi connectivity index (χ1n) is 9.13. The minimum atomic E-state index is 0.250. The van der Waals surface area contributed by atoms with Crippen LogP contribution in [0.25, 0.3) is 21.7 Å². The van der Waals surface area contributed by atoms with Crippen LogP contribution in [0.4, 0.5) is 6.01 Å². The van der Waals surface area contributed by atoms with Gasteiger partial charge in [0.2, 0.25) is 0 Å². The van der Waals surface area contributed by atoms with Gasteiger partial charge in [-0.15, -0.1) is 11.3 Å². The van der Waals surface area contributed by atoms with Crippen molar-refractivity contribution in [1.29, 1.82) is 0 Å². The molecular formula is C19H20N4O4S. The predicted octanol–water partition coefficient (Wildman–Crippen LogP) is 2.11. The molecule has 2 aromatic heterocycles. The summed E-state index contributed by atoms with van der Waals surface area (Å²) in [6.45, 7) is 5.37. The summed E-state index contributed by atoms with van der Waals surface area (Å²) in [5.41, 5.74) is 4.05. The van der Waals surface area contributed by atoms with Crippen molar-refractivity contribution in [3.8, 4) is 10.6 Å². The van der Waals surface area contributed by atoms with Crippen molar-refractivity contribution in [2.75, 3.05) is 31.2 Å². The number of fused-ring (bicyclic) bond motifs is 3.